The Kier molecular flexibility index (Phi) is 56.9. The first-order valence-corrected chi connectivity index (χ1v) is 34.8. The Morgan fingerprint density at radius 2 is 0.500 bits per heavy atom. The number of hydrogen-bond acceptors (Lipinski definition) is 18. The zero-order valence-electron chi connectivity index (χ0n) is 55.4. The van der Waals surface area contributed by atoms with Crippen molar-refractivity contribution in [2.24, 2.45) is 17.8 Å². The maximum Gasteiger partial charge on any atom is 0.336 e. The summed E-state index contributed by atoms with van der Waals surface area (Å²) >= 11 is 0. The van der Waals surface area contributed by atoms with Gasteiger partial charge in [-0.15, -0.1) is 0 Å². The van der Waals surface area contributed by atoms with Gasteiger partial charge in [0.1, 0.15) is 0 Å². The smallest absolute Gasteiger partial charge is 0.336 e. The molecular formula is C68H128N2O16. The predicted molar refractivity (Wildman–Crippen MR) is 339 cm³/mol. The average molecular weight is 1230 g/mol. The molecule has 0 fully saturated rings. The quantitative estimate of drug-likeness (QED) is 0.0251. The van der Waals surface area contributed by atoms with Crippen molar-refractivity contribution in [3.8, 4) is 0 Å². The van der Waals surface area contributed by atoms with Gasteiger partial charge in [-0.05, 0) is 96.6 Å². The Bertz CT molecular complexity index is 1530. The first-order valence-electron chi connectivity index (χ1n) is 34.8. The molecule has 0 amide bonds. The highest BCUT2D eigenvalue weighted by molar-refractivity contribution is 5.76. The lowest BCUT2D eigenvalue weighted by molar-refractivity contribution is -0.157. The van der Waals surface area contributed by atoms with Gasteiger partial charge >= 0.3 is 35.8 Å². The van der Waals surface area contributed by atoms with Gasteiger partial charge in [-0.3, -0.25) is 24.2 Å². The van der Waals surface area contributed by atoms with Gasteiger partial charge in [-0.2, -0.15) is 0 Å². The number of carbonyl (C=O) groups excluding carboxylic acids is 6. The molecular weight excluding hydrogens is 1100 g/mol. The molecule has 0 aromatic carbocycles. The molecule has 0 bridgehead atoms. The number of carbonyl (C=O) groups is 6. The van der Waals surface area contributed by atoms with Crippen LogP contribution >= 0.6 is 0 Å². The molecule has 4 N–H and O–H groups in total. The van der Waals surface area contributed by atoms with Gasteiger partial charge in [0.05, 0.1) is 64.0 Å². The lowest BCUT2D eigenvalue weighted by Crippen LogP contribution is -2.45. The van der Waals surface area contributed by atoms with Crippen LogP contribution in [0.1, 0.15) is 279 Å². The van der Waals surface area contributed by atoms with Crippen LogP contribution in [0.3, 0.4) is 0 Å². The van der Waals surface area contributed by atoms with Gasteiger partial charge in [-0.25, -0.2) is 14.4 Å². The zero-order chi connectivity index (χ0) is 63.7. The minimum atomic E-state index is -1.65. The van der Waals surface area contributed by atoms with Crippen molar-refractivity contribution in [3.05, 3.63) is 0 Å². The van der Waals surface area contributed by atoms with Crippen molar-refractivity contribution in [2.75, 3.05) is 85.5 Å². The minimum Gasteiger partial charge on any atom is -0.465 e. The molecule has 86 heavy (non-hydrogen) atoms. The first-order chi connectivity index (χ1) is 41.7. The van der Waals surface area contributed by atoms with Crippen molar-refractivity contribution < 1.29 is 77.6 Å². The third-order valence-corrected chi connectivity index (χ3v) is 16.0. The number of ether oxygens (including phenoxy) is 6. The highest BCUT2D eigenvalue weighted by Crippen LogP contribution is 2.23. The van der Waals surface area contributed by atoms with Crippen LogP contribution in [0, 0.1) is 17.8 Å². The molecule has 0 saturated heterocycles. The van der Waals surface area contributed by atoms with Crippen LogP contribution in [0.25, 0.3) is 0 Å². The summed E-state index contributed by atoms with van der Waals surface area (Å²) in [4.78, 5) is 81.3. The van der Waals surface area contributed by atoms with Crippen LogP contribution in [-0.4, -0.2) is 170 Å². The van der Waals surface area contributed by atoms with E-state index in [-0.39, 0.29) is 121 Å². The lowest BCUT2D eigenvalue weighted by Gasteiger charge is -2.28. The number of esters is 6. The van der Waals surface area contributed by atoms with E-state index < -0.39 is 36.2 Å². The normalized spacial score (nSPS) is 12.7. The van der Waals surface area contributed by atoms with Crippen LogP contribution in [-0.2, 0) is 57.2 Å². The monoisotopic (exact) mass is 1230 g/mol. The van der Waals surface area contributed by atoms with E-state index in [0.717, 1.165) is 193 Å². The molecule has 18 heteroatoms. The summed E-state index contributed by atoms with van der Waals surface area (Å²) in [5.41, 5.74) is 0. The predicted octanol–water partition coefficient (Wildman–Crippen LogP) is 12.3. The van der Waals surface area contributed by atoms with Crippen molar-refractivity contribution in [1.29, 1.82) is 0 Å². The van der Waals surface area contributed by atoms with E-state index in [4.69, 9.17) is 28.4 Å². The van der Waals surface area contributed by atoms with E-state index in [1.54, 1.807) is 4.90 Å². The molecule has 506 valence electrons. The van der Waals surface area contributed by atoms with Crippen LogP contribution in [0.2, 0.25) is 0 Å². The molecule has 0 aliphatic heterocycles. The van der Waals surface area contributed by atoms with E-state index in [9.17, 15) is 49.2 Å². The fourth-order valence-corrected chi connectivity index (χ4v) is 10.5. The molecule has 0 heterocycles. The third kappa shape index (κ3) is 46.7. The summed E-state index contributed by atoms with van der Waals surface area (Å²) in [7, 11) is 0. The van der Waals surface area contributed by atoms with Crippen LogP contribution in [0.15, 0.2) is 0 Å². The third-order valence-electron chi connectivity index (χ3n) is 16.0. The Morgan fingerprint density at radius 3 is 0.733 bits per heavy atom. The molecule has 0 aromatic heterocycles. The maximum absolute atomic E-state index is 13.1. The maximum atomic E-state index is 13.1. The topological polar surface area (TPSA) is 245 Å². The Balaban J connectivity index is 5.53. The molecule has 3 atom stereocenters. The lowest BCUT2D eigenvalue weighted by atomic mass is 9.94. The average Bonchev–Trinajstić information content (AvgIpc) is 3.64. The van der Waals surface area contributed by atoms with E-state index in [1.165, 1.54) is 4.90 Å². The number of unbranched alkanes of at least 4 members (excludes halogenated alkanes) is 21. The van der Waals surface area contributed by atoms with E-state index in [2.05, 4.69) is 41.5 Å². The molecule has 0 radical (unpaired) electrons. The second-order valence-electron chi connectivity index (χ2n) is 24.0. The summed E-state index contributed by atoms with van der Waals surface area (Å²) in [5, 5.41) is 42.9. The number of aliphatic hydroxyl groups is 4. The largest absolute Gasteiger partial charge is 0.465 e. The second-order valence-corrected chi connectivity index (χ2v) is 24.0. The van der Waals surface area contributed by atoms with Crippen LogP contribution < -0.4 is 0 Å². The van der Waals surface area contributed by atoms with Gasteiger partial charge in [0, 0.05) is 26.2 Å². The summed E-state index contributed by atoms with van der Waals surface area (Å²) in [5.74, 6) is -3.50. The van der Waals surface area contributed by atoms with E-state index >= 15 is 0 Å². The zero-order valence-corrected chi connectivity index (χ0v) is 55.4. The molecule has 3 unspecified atom stereocenters. The fourth-order valence-electron chi connectivity index (χ4n) is 10.5. The summed E-state index contributed by atoms with van der Waals surface area (Å²) in [6.45, 7) is 13.0. The van der Waals surface area contributed by atoms with E-state index in [0.29, 0.717) is 44.9 Å². The number of rotatable bonds is 63. The van der Waals surface area contributed by atoms with Crippen LogP contribution in [0.5, 0.6) is 0 Å². The molecule has 18 nitrogen and oxygen atoms in total. The van der Waals surface area contributed by atoms with E-state index in [1.807, 2.05) is 0 Å². The first kappa shape index (κ1) is 82.6. The minimum absolute atomic E-state index is 0.0208. The van der Waals surface area contributed by atoms with Gasteiger partial charge in [0.2, 0.25) is 0 Å². The number of nitrogens with zero attached hydrogens (tertiary/aromatic N) is 2. The van der Waals surface area contributed by atoms with Gasteiger partial charge < -0.3 is 48.8 Å². The second kappa shape index (κ2) is 59.2. The Morgan fingerprint density at radius 1 is 0.279 bits per heavy atom. The van der Waals surface area contributed by atoms with Crippen molar-refractivity contribution in [3.63, 3.8) is 0 Å². The van der Waals surface area contributed by atoms with Crippen molar-refractivity contribution in [2.45, 2.75) is 297 Å². The van der Waals surface area contributed by atoms with Gasteiger partial charge in [-0.1, -0.05) is 196 Å². The molecule has 0 aliphatic carbocycles. The highest BCUT2D eigenvalue weighted by Gasteiger charge is 2.28. The summed E-state index contributed by atoms with van der Waals surface area (Å²) in [6, 6.07) is 0. The molecule has 0 rings (SSSR count). The summed E-state index contributed by atoms with van der Waals surface area (Å²) in [6.07, 6.45) is 29.3. The molecule has 0 aliphatic rings. The summed E-state index contributed by atoms with van der Waals surface area (Å²) < 4.78 is 33.1. The van der Waals surface area contributed by atoms with Crippen LogP contribution in [0.4, 0.5) is 0 Å². The SMILES string of the molecule is CCCCCCC(CCCCCC)C(=O)OCCCCOC(=O)C(O)CN(CCO)CCCN(CC(O)C(=O)OCCCCOC(=O)C(CCCCCC)CCCCCC)CC(O)C(=O)OCCCCOC(=O)C(CCCCCC)CCCCCC. The Hall–Kier alpha value is -3.42. The molecule has 0 spiro atoms. The van der Waals surface area contributed by atoms with Gasteiger partial charge in [0.15, 0.2) is 18.3 Å². The van der Waals surface area contributed by atoms with Crippen molar-refractivity contribution >= 4 is 35.8 Å². The number of hydrogen-bond donors (Lipinski definition) is 4. The van der Waals surface area contributed by atoms with Gasteiger partial charge in [0.25, 0.3) is 0 Å². The highest BCUT2D eigenvalue weighted by atomic mass is 16.6. The Labute approximate surface area is 522 Å². The number of aliphatic hydroxyl groups excluding tert-OH is 4. The standard InChI is InChI=1S/C68H128N2O16/c1-7-13-19-25-38-57(39-26-20-14-8-2)63(75)81-48-31-34-51-84-66(78)60(72)54-69(46-47-71)44-37-45-70(55-61(73)67(79)85-52-35-32-49-82-64(76)58(40-27-21-15-9-3)41-28-22-16-10-4)56-62(74)68(80)86-53-36-33-50-83-65(77)59(42-29-23-17-11-5)43-30-24-18-12-6/h57-62,71-74H,7-56H2,1-6H3. The molecule has 0 aromatic rings. The fraction of sp³-hybridized carbons (Fsp3) is 0.912. The van der Waals surface area contributed by atoms with Crippen molar-refractivity contribution in [1.82, 2.24) is 9.80 Å². The molecule has 0 saturated carbocycles.